The molecule has 112 valence electrons. The molecule has 21 heavy (non-hydrogen) atoms. The summed E-state index contributed by atoms with van der Waals surface area (Å²) in [5.74, 6) is -0.715. The van der Waals surface area contributed by atoms with Crippen LogP contribution in [-0.4, -0.2) is 41.0 Å². The zero-order valence-electron chi connectivity index (χ0n) is 12.0. The molecule has 5 nitrogen and oxygen atoms in total. The van der Waals surface area contributed by atoms with Gasteiger partial charge in [-0.1, -0.05) is 12.1 Å². The fraction of sp³-hybridized carbons (Fsp3) is 0.429. The highest BCUT2D eigenvalue weighted by Crippen LogP contribution is 2.37. The number of hydrogen-bond donors (Lipinski definition) is 2. The Bertz CT molecular complexity index is 575. The molecule has 0 fully saturated rings. The lowest BCUT2D eigenvalue weighted by molar-refractivity contribution is -0.116. The van der Waals surface area contributed by atoms with Crippen LogP contribution in [0, 0.1) is 6.92 Å². The van der Waals surface area contributed by atoms with Crippen LogP contribution in [0.25, 0.3) is 0 Å². The van der Waals surface area contributed by atoms with Gasteiger partial charge < -0.3 is 14.8 Å². The van der Waals surface area contributed by atoms with Crippen molar-refractivity contribution in [3.63, 3.8) is 0 Å². The number of Topliss-reactive ketones (excluding diaryl/α,β-unsaturated/α-hetero) is 1. The van der Waals surface area contributed by atoms with Gasteiger partial charge in [0.25, 0.3) is 0 Å². The summed E-state index contributed by atoms with van der Waals surface area (Å²) in [5.41, 5.74) is 1.40. The summed E-state index contributed by atoms with van der Waals surface area (Å²) in [4.78, 5) is 23.0. The van der Waals surface area contributed by atoms with E-state index in [1.165, 1.54) is 11.8 Å². The van der Waals surface area contributed by atoms with E-state index >= 15 is 0 Å². The van der Waals surface area contributed by atoms with Crippen molar-refractivity contribution in [3.05, 3.63) is 28.8 Å². The SMILES string of the molecule is CSCC(=O)C[C@@H]1Cc2ccc(C)c(C(=O)O)c2OB1O. The lowest BCUT2D eigenvalue weighted by Crippen LogP contribution is -2.36. The molecule has 0 spiro atoms. The Morgan fingerprint density at radius 1 is 1.48 bits per heavy atom. The Balaban J connectivity index is 2.26. The van der Waals surface area contributed by atoms with Crippen molar-refractivity contribution in [2.24, 2.45) is 0 Å². The molecule has 7 heteroatoms. The van der Waals surface area contributed by atoms with Crippen LogP contribution >= 0.6 is 11.8 Å². The van der Waals surface area contributed by atoms with Gasteiger partial charge in [0.05, 0.1) is 5.75 Å². The molecule has 0 saturated heterocycles. The van der Waals surface area contributed by atoms with E-state index in [1.807, 2.05) is 6.26 Å². The van der Waals surface area contributed by atoms with Crippen molar-refractivity contribution in [1.82, 2.24) is 0 Å². The molecule has 2 N–H and O–H groups in total. The Morgan fingerprint density at radius 2 is 2.19 bits per heavy atom. The molecular formula is C14H17BO5S. The minimum atomic E-state index is -1.15. The zero-order valence-corrected chi connectivity index (χ0v) is 12.8. The molecule has 1 aromatic carbocycles. The van der Waals surface area contributed by atoms with Crippen LogP contribution in [0.1, 0.15) is 27.9 Å². The molecule has 0 aliphatic carbocycles. The maximum Gasteiger partial charge on any atom is 0.526 e. The maximum atomic E-state index is 11.7. The summed E-state index contributed by atoms with van der Waals surface area (Å²) >= 11 is 1.44. The summed E-state index contributed by atoms with van der Waals surface area (Å²) in [7, 11) is -1.15. The molecule has 0 aromatic heterocycles. The Hall–Kier alpha value is -1.47. The number of thioether (sulfide) groups is 1. The van der Waals surface area contributed by atoms with E-state index in [0.29, 0.717) is 17.7 Å². The summed E-state index contributed by atoms with van der Waals surface area (Å²) in [5, 5.41) is 19.3. The summed E-state index contributed by atoms with van der Waals surface area (Å²) in [6, 6.07) is 3.53. The number of carboxylic acid groups (broad SMARTS) is 1. The minimum Gasteiger partial charge on any atom is -0.535 e. The molecule has 0 amide bonds. The number of carboxylic acids is 1. The van der Waals surface area contributed by atoms with Crippen LogP contribution in [-0.2, 0) is 11.2 Å². The van der Waals surface area contributed by atoms with Gasteiger partial charge in [-0.2, -0.15) is 11.8 Å². The molecule has 1 heterocycles. The number of rotatable bonds is 5. The second kappa shape index (κ2) is 6.53. The van der Waals surface area contributed by atoms with Crippen molar-refractivity contribution in [2.75, 3.05) is 12.0 Å². The van der Waals surface area contributed by atoms with Gasteiger partial charge in [0.1, 0.15) is 17.1 Å². The number of fused-ring (bicyclic) bond motifs is 1. The van der Waals surface area contributed by atoms with Gasteiger partial charge in [0.15, 0.2) is 0 Å². The Labute approximate surface area is 127 Å². The highest BCUT2D eigenvalue weighted by molar-refractivity contribution is 7.99. The third-order valence-electron chi connectivity index (χ3n) is 3.58. The van der Waals surface area contributed by atoms with Gasteiger partial charge >= 0.3 is 13.1 Å². The number of benzene rings is 1. The molecule has 2 rings (SSSR count). The average molecular weight is 308 g/mol. The van der Waals surface area contributed by atoms with E-state index in [0.717, 1.165) is 5.56 Å². The normalized spacial score (nSPS) is 17.1. The summed E-state index contributed by atoms with van der Waals surface area (Å²) in [6.07, 6.45) is 2.53. The topological polar surface area (TPSA) is 83.8 Å². The molecule has 1 atom stereocenters. The van der Waals surface area contributed by atoms with E-state index in [-0.39, 0.29) is 29.3 Å². The predicted octanol–water partition coefficient (Wildman–Crippen LogP) is 1.80. The molecule has 0 bridgehead atoms. The highest BCUT2D eigenvalue weighted by Gasteiger charge is 2.38. The van der Waals surface area contributed by atoms with Crippen molar-refractivity contribution in [1.29, 1.82) is 0 Å². The number of hydrogen-bond acceptors (Lipinski definition) is 5. The van der Waals surface area contributed by atoms with Gasteiger partial charge in [-0.15, -0.1) is 0 Å². The van der Waals surface area contributed by atoms with Gasteiger partial charge in [0, 0.05) is 12.2 Å². The van der Waals surface area contributed by atoms with Gasteiger partial charge in [-0.3, -0.25) is 4.79 Å². The Kier molecular flexibility index (Phi) is 4.95. The molecule has 1 aromatic rings. The summed E-state index contributed by atoms with van der Waals surface area (Å²) < 4.78 is 5.41. The van der Waals surface area contributed by atoms with Gasteiger partial charge in [-0.05, 0) is 30.7 Å². The van der Waals surface area contributed by atoms with E-state index in [2.05, 4.69) is 0 Å². The molecule has 1 aliphatic heterocycles. The number of ketones is 1. The highest BCUT2D eigenvalue weighted by atomic mass is 32.2. The van der Waals surface area contributed by atoms with Crippen molar-refractivity contribution < 1.29 is 24.4 Å². The van der Waals surface area contributed by atoms with Crippen LogP contribution in [0.5, 0.6) is 5.75 Å². The summed E-state index contributed by atoms with van der Waals surface area (Å²) in [6.45, 7) is 1.69. The first kappa shape index (κ1) is 15.9. The molecule has 1 aliphatic rings. The lowest BCUT2D eigenvalue weighted by atomic mass is 9.64. The monoisotopic (exact) mass is 308 g/mol. The first-order valence-corrected chi connectivity index (χ1v) is 8.04. The van der Waals surface area contributed by atoms with Gasteiger partial charge in [0.2, 0.25) is 0 Å². The van der Waals surface area contributed by atoms with E-state index in [9.17, 15) is 19.7 Å². The number of aryl methyl sites for hydroxylation is 1. The number of aromatic carboxylic acids is 1. The largest absolute Gasteiger partial charge is 0.535 e. The standard InChI is InChI=1S/C14H17BO5S/c1-8-3-4-9-5-10(6-11(16)7-21-2)15(19)20-13(9)12(8)14(17)18/h3-4,10,19H,5-7H2,1-2H3,(H,17,18)/t10-/m0/s1. The van der Waals surface area contributed by atoms with Crippen molar-refractivity contribution >= 4 is 30.6 Å². The minimum absolute atomic E-state index is 0.0594. The maximum absolute atomic E-state index is 11.7. The predicted molar refractivity (Wildman–Crippen MR) is 82.2 cm³/mol. The van der Waals surface area contributed by atoms with Crippen molar-refractivity contribution in [3.8, 4) is 5.75 Å². The molecular weight excluding hydrogens is 291 g/mol. The van der Waals surface area contributed by atoms with Crippen LogP contribution in [0.3, 0.4) is 0 Å². The fourth-order valence-electron chi connectivity index (χ4n) is 2.57. The quantitative estimate of drug-likeness (QED) is 0.807. The molecule has 0 unspecified atom stereocenters. The number of carbonyl (C=O) groups is 2. The molecule has 0 saturated carbocycles. The average Bonchev–Trinajstić information content (AvgIpc) is 2.39. The second-order valence-electron chi connectivity index (χ2n) is 5.20. The third-order valence-corrected chi connectivity index (χ3v) is 4.19. The fourth-order valence-corrected chi connectivity index (χ4v) is 3.01. The second-order valence-corrected chi connectivity index (χ2v) is 6.07. The van der Waals surface area contributed by atoms with E-state index < -0.39 is 13.1 Å². The van der Waals surface area contributed by atoms with Crippen LogP contribution in [0.15, 0.2) is 12.1 Å². The van der Waals surface area contributed by atoms with Crippen LogP contribution in [0.2, 0.25) is 5.82 Å². The van der Waals surface area contributed by atoms with Crippen LogP contribution < -0.4 is 4.65 Å². The smallest absolute Gasteiger partial charge is 0.526 e. The first-order valence-electron chi connectivity index (χ1n) is 6.65. The van der Waals surface area contributed by atoms with Crippen molar-refractivity contribution in [2.45, 2.75) is 25.6 Å². The Morgan fingerprint density at radius 3 is 2.81 bits per heavy atom. The first-order chi connectivity index (χ1) is 9.93. The van der Waals surface area contributed by atoms with E-state index in [4.69, 9.17) is 4.65 Å². The lowest BCUT2D eigenvalue weighted by Gasteiger charge is -2.28. The zero-order chi connectivity index (χ0) is 15.6. The third kappa shape index (κ3) is 3.41. The van der Waals surface area contributed by atoms with Crippen LogP contribution in [0.4, 0.5) is 0 Å². The van der Waals surface area contributed by atoms with Gasteiger partial charge in [-0.25, -0.2) is 4.79 Å². The van der Waals surface area contributed by atoms with E-state index in [1.54, 1.807) is 19.1 Å². The molecule has 0 radical (unpaired) electrons. The number of carbonyl (C=O) groups excluding carboxylic acids is 1.